The Kier molecular flexibility index (Phi) is 4.91. The summed E-state index contributed by atoms with van der Waals surface area (Å²) in [6.07, 6.45) is 2.28. The molecule has 1 aliphatic rings. The molecular formula is C17H20O4. The van der Waals surface area contributed by atoms with Crippen LogP contribution in [0.4, 0.5) is 0 Å². The number of ketones is 1. The van der Waals surface area contributed by atoms with Crippen molar-refractivity contribution in [3.05, 3.63) is 42.0 Å². The third-order valence-electron chi connectivity index (χ3n) is 4.13. The van der Waals surface area contributed by atoms with E-state index in [4.69, 9.17) is 4.74 Å². The minimum absolute atomic E-state index is 0.00584. The number of aliphatic hydroxyl groups excluding tert-OH is 1. The zero-order chi connectivity index (χ0) is 15.4. The van der Waals surface area contributed by atoms with Crippen molar-refractivity contribution in [1.82, 2.24) is 0 Å². The topological polar surface area (TPSA) is 63.6 Å². The van der Waals surface area contributed by atoms with Gasteiger partial charge in [-0.15, -0.1) is 0 Å². The molecule has 1 saturated carbocycles. The Hall–Kier alpha value is -1.94. The lowest BCUT2D eigenvalue weighted by Crippen LogP contribution is -2.37. The first kappa shape index (κ1) is 15.4. The van der Waals surface area contributed by atoms with Crippen molar-refractivity contribution in [2.45, 2.75) is 25.4 Å². The van der Waals surface area contributed by atoms with E-state index in [-0.39, 0.29) is 11.7 Å². The molecule has 0 amide bonds. The first-order chi connectivity index (χ1) is 10.1. The molecule has 1 aromatic rings. The fourth-order valence-corrected chi connectivity index (χ4v) is 2.92. The van der Waals surface area contributed by atoms with E-state index in [0.717, 1.165) is 5.56 Å². The summed E-state index contributed by atoms with van der Waals surface area (Å²) in [5.74, 6) is -1.32. The molecular weight excluding hydrogens is 268 g/mol. The fourth-order valence-electron chi connectivity index (χ4n) is 2.92. The molecule has 2 rings (SSSR count). The molecule has 4 nitrogen and oxygen atoms in total. The van der Waals surface area contributed by atoms with Crippen LogP contribution in [0.25, 0.3) is 6.08 Å². The molecule has 0 aromatic heterocycles. The second-order valence-corrected chi connectivity index (χ2v) is 5.36. The van der Waals surface area contributed by atoms with Crippen LogP contribution in [0.15, 0.2) is 30.8 Å². The number of esters is 1. The van der Waals surface area contributed by atoms with E-state index in [9.17, 15) is 14.7 Å². The number of aliphatic hydroxyl groups is 1. The Bertz CT molecular complexity index is 549. The van der Waals surface area contributed by atoms with Crippen LogP contribution in [-0.2, 0) is 9.53 Å². The first-order valence-corrected chi connectivity index (χ1v) is 7.10. The summed E-state index contributed by atoms with van der Waals surface area (Å²) in [5, 5.41) is 9.91. The summed E-state index contributed by atoms with van der Waals surface area (Å²) in [7, 11) is 1.30. The van der Waals surface area contributed by atoms with Gasteiger partial charge < -0.3 is 9.84 Å². The van der Waals surface area contributed by atoms with Gasteiger partial charge in [-0.25, -0.2) is 0 Å². The van der Waals surface area contributed by atoms with E-state index in [0.29, 0.717) is 24.8 Å². The highest BCUT2D eigenvalue weighted by Gasteiger charge is 2.38. The van der Waals surface area contributed by atoms with Crippen LogP contribution >= 0.6 is 0 Å². The van der Waals surface area contributed by atoms with Crippen LogP contribution in [-0.4, -0.2) is 30.1 Å². The molecule has 3 atom stereocenters. The van der Waals surface area contributed by atoms with Crippen molar-refractivity contribution < 1.29 is 19.4 Å². The molecule has 0 bridgehead atoms. The van der Waals surface area contributed by atoms with Gasteiger partial charge in [-0.3, -0.25) is 9.59 Å². The molecule has 3 unspecified atom stereocenters. The quantitative estimate of drug-likeness (QED) is 0.683. The van der Waals surface area contributed by atoms with Gasteiger partial charge in [0.25, 0.3) is 0 Å². The predicted molar refractivity (Wildman–Crippen MR) is 79.7 cm³/mol. The number of hydrogen-bond acceptors (Lipinski definition) is 4. The maximum atomic E-state index is 12.7. The minimum Gasteiger partial charge on any atom is -0.469 e. The molecule has 0 radical (unpaired) electrons. The van der Waals surface area contributed by atoms with Gasteiger partial charge in [0.2, 0.25) is 0 Å². The number of rotatable bonds is 4. The monoisotopic (exact) mass is 288 g/mol. The van der Waals surface area contributed by atoms with Crippen molar-refractivity contribution in [3.8, 4) is 0 Å². The number of Topliss-reactive ketones (excluding diaryl/α,β-unsaturated/α-hetero) is 1. The number of hydrogen-bond donors (Lipinski definition) is 1. The maximum absolute atomic E-state index is 12.7. The molecule has 0 spiro atoms. The van der Waals surface area contributed by atoms with E-state index in [1.807, 2.05) is 18.2 Å². The molecule has 1 aromatic carbocycles. The van der Waals surface area contributed by atoms with E-state index in [2.05, 4.69) is 6.58 Å². The predicted octanol–water partition coefficient (Wildman–Crippen LogP) is 2.46. The van der Waals surface area contributed by atoms with Gasteiger partial charge >= 0.3 is 5.97 Å². The standard InChI is InChI=1S/C17H20O4/c1-3-11-6-4-5-7-13(11)16(19)12-8-9-15(18)14(10-12)17(20)21-2/h3-7,12,14-15,18H,1,8-10H2,2H3. The molecule has 0 aliphatic heterocycles. The van der Waals surface area contributed by atoms with Gasteiger partial charge in [0, 0.05) is 11.5 Å². The maximum Gasteiger partial charge on any atom is 0.311 e. The Labute approximate surface area is 124 Å². The number of ether oxygens (including phenoxy) is 1. The van der Waals surface area contributed by atoms with Crippen molar-refractivity contribution in [1.29, 1.82) is 0 Å². The van der Waals surface area contributed by atoms with Crippen LogP contribution < -0.4 is 0 Å². The highest BCUT2D eigenvalue weighted by molar-refractivity contribution is 6.01. The normalized spacial score (nSPS) is 25.1. The summed E-state index contributed by atoms with van der Waals surface area (Å²) < 4.78 is 4.71. The average Bonchev–Trinajstić information content (AvgIpc) is 2.53. The van der Waals surface area contributed by atoms with Gasteiger partial charge in [0.05, 0.1) is 19.1 Å². The fraction of sp³-hybridized carbons (Fsp3) is 0.412. The van der Waals surface area contributed by atoms with E-state index in [1.165, 1.54) is 7.11 Å². The largest absolute Gasteiger partial charge is 0.469 e. The lowest BCUT2D eigenvalue weighted by Gasteiger charge is -2.31. The number of methoxy groups -OCH3 is 1. The Balaban J connectivity index is 2.20. The summed E-state index contributed by atoms with van der Waals surface area (Å²) in [4.78, 5) is 24.4. The number of carbonyl (C=O) groups excluding carboxylic acids is 2. The van der Waals surface area contributed by atoms with Crippen LogP contribution in [0.3, 0.4) is 0 Å². The van der Waals surface area contributed by atoms with Crippen LogP contribution in [0.2, 0.25) is 0 Å². The van der Waals surface area contributed by atoms with Crippen molar-refractivity contribution in [3.63, 3.8) is 0 Å². The zero-order valence-corrected chi connectivity index (χ0v) is 12.1. The molecule has 4 heteroatoms. The van der Waals surface area contributed by atoms with Gasteiger partial charge in [-0.2, -0.15) is 0 Å². The van der Waals surface area contributed by atoms with Crippen molar-refractivity contribution in [2.24, 2.45) is 11.8 Å². The molecule has 1 fully saturated rings. The number of carbonyl (C=O) groups is 2. The number of benzene rings is 1. The highest BCUT2D eigenvalue weighted by atomic mass is 16.5. The highest BCUT2D eigenvalue weighted by Crippen LogP contribution is 2.33. The van der Waals surface area contributed by atoms with Gasteiger partial charge in [-0.05, 0) is 24.8 Å². The summed E-state index contributed by atoms with van der Waals surface area (Å²) in [5.41, 5.74) is 1.42. The smallest absolute Gasteiger partial charge is 0.311 e. The summed E-state index contributed by atoms with van der Waals surface area (Å²) in [6.45, 7) is 3.72. The van der Waals surface area contributed by atoms with Crippen molar-refractivity contribution in [2.75, 3.05) is 7.11 Å². The third kappa shape index (κ3) is 3.22. The molecule has 0 saturated heterocycles. The molecule has 1 aliphatic carbocycles. The van der Waals surface area contributed by atoms with Gasteiger partial charge in [0.15, 0.2) is 5.78 Å². The lowest BCUT2D eigenvalue weighted by atomic mass is 9.76. The second kappa shape index (κ2) is 6.68. The summed E-state index contributed by atoms with van der Waals surface area (Å²) >= 11 is 0. The third-order valence-corrected chi connectivity index (χ3v) is 4.13. The Morgan fingerprint density at radius 1 is 1.33 bits per heavy atom. The van der Waals surface area contributed by atoms with E-state index < -0.39 is 18.0 Å². The molecule has 112 valence electrons. The van der Waals surface area contributed by atoms with Crippen LogP contribution in [0.5, 0.6) is 0 Å². The van der Waals surface area contributed by atoms with Gasteiger partial charge in [-0.1, -0.05) is 36.9 Å². The van der Waals surface area contributed by atoms with E-state index >= 15 is 0 Å². The Morgan fingerprint density at radius 2 is 2.05 bits per heavy atom. The molecule has 0 heterocycles. The van der Waals surface area contributed by atoms with Crippen LogP contribution in [0, 0.1) is 11.8 Å². The Morgan fingerprint density at radius 3 is 2.71 bits per heavy atom. The molecule has 21 heavy (non-hydrogen) atoms. The minimum atomic E-state index is -0.726. The first-order valence-electron chi connectivity index (χ1n) is 7.10. The van der Waals surface area contributed by atoms with E-state index in [1.54, 1.807) is 12.1 Å². The lowest BCUT2D eigenvalue weighted by molar-refractivity contribution is -0.151. The molecule has 1 N–H and O–H groups in total. The summed E-state index contributed by atoms with van der Waals surface area (Å²) in [6, 6.07) is 7.29. The second-order valence-electron chi connectivity index (χ2n) is 5.36. The van der Waals surface area contributed by atoms with Crippen molar-refractivity contribution >= 4 is 17.8 Å². The van der Waals surface area contributed by atoms with Crippen LogP contribution in [0.1, 0.15) is 35.2 Å². The average molecular weight is 288 g/mol. The zero-order valence-electron chi connectivity index (χ0n) is 12.1. The SMILES string of the molecule is C=Cc1ccccc1C(=O)C1CCC(O)C(C(=O)OC)C1. The van der Waals surface area contributed by atoms with Gasteiger partial charge in [0.1, 0.15) is 0 Å².